The summed E-state index contributed by atoms with van der Waals surface area (Å²) in [6.07, 6.45) is 0. The van der Waals surface area contributed by atoms with Crippen LogP contribution in [-0.2, 0) is 4.79 Å². The Bertz CT molecular complexity index is 483. The summed E-state index contributed by atoms with van der Waals surface area (Å²) in [6, 6.07) is 6.80. The smallest absolute Gasteiger partial charge is 0.237 e. The lowest BCUT2D eigenvalue weighted by Crippen LogP contribution is -2.51. The highest BCUT2D eigenvalue weighted by Crippen LogP contribution is 2.11. The molecule has 1 aromatic rings. The summed E-state index contributed by atoms with van der Waals surface area (Å²) >= 11 is 0. The van der Waals surface area contributed by atoms with Crippen molar-refractivity contribution in [3.63, 3.8) is 0 Å². The molecule has 0 aromatic heterocycles. The average molecular weight is 280 g/mol. The highest BCUT2D eigenvalue weighted by atomic mass is 16.5. The van der Waals surface area contributed by atoms with E-state index in [1.807, 2.05) is 0 Å². The van der Waals surface area contributed by atoms with Crippen LogP contribution in [0, 0.1) is 0 Å². The number of carbonyl (C=O) groups is 1. The quantitative estimate of drug-likeness (QED) is 0.184. The van der Waals surface area contributed by atoms with Gasteiger partial charge >= 0.3 is 0 Å². The number of primary amides is 1. The molecule has 0 bridgehead atoms. The molecular weight excluding hydrogens is 260 g/mol. The molecule has 1 rings (SSSR count). The maximum absolute atomic E-state index is 11.1. The molecule has 0 heterocycles. The largest absolute Gasteiger partial charge is 0.492 e. The Morgan fingerprint density at radius 1 is 1.35 bits per heavy atom. The van der Waals surface area contributed by atoms with Crippen molar-refractivity contribution >= 4 is 11.7 Å². The molecule has 1 aromatic carbocycles. The van der Waals surface area contributed by atoms with E-state index in [4.69, 9.17) is 21.4 Å². The summed E-state index contributed by atoms with van der Waals surface area (Å²) in [4.78, 5) is 11.1. The molecule has 0 spiro atoms. The van der Waals surface area contributed by atoms with Crippen LogP contribution in [0.5, 0.6) is 5.75 Å². The summed E-state index contributed by atoms with van der Waals surface area (Å²) in [6.45, 7) is 4.29. The maximum atomic E-state index is 11.1. The van der Waals surface area contributed by atoms with Gasteiger partial charge in [-0.3, -0.25) is 4.79 Å². The van der Waals surface area contributed by atoms with Crippen molar-refractivity contribution in [2.24, 2.45) is 16.6 Å². The fourth-order valence-corrected chi connectivity index (χ4v) is 1.40. The van der Waals surface area contributed by atoms with Crippen LogP contribution in [0.1, 0.15) is 19.4 Å². The summed E-state index contributed by atoms with van der Waals surface area (Å²) in [7, 11) is 0. The third-order valence-electron chi connectivity index (χ3n) is 2.81. The van der Waals surface area contributed by atoms with Crippen molar-refractivity contribution in [3.8, 4) is 5.75 Å². The molecule has 1 amide bonds. The van der Waals surface area contributed by atoms with Gasteiger partial charge in [0.25, 0.3) is 0 Å². The number of hydrogen-bond donors (Lipinski definition) is 4. The second-order valence-corrected chi connectivity index (χ2v) is 4.77. The number of oxime groups is 1. The number of nitrogens with one attached hydrogen (secondary N) is 1. The summed E-state index contributed by atoms with van der Waals surface area (Å²) in [5, 5.41) is 14.4. The van der Waals surface area contributed by atoms with E-state index in [2.05, 4.69) is 10.5 Å². The molecule has 0 unspecified atom stereocenters. The van der Waals surface area contributed by atoms with Gasteiger partial charge in [0.1, 0.15) is 12.4 Å². The number of hydrogen-bond acceptors (Lipinski definition) is 5. The van der Waals surface area contributed by atoms with E-state index in [0.717, 1.165) is 0 Å². The summed E-state index contributed by atoms with van der Waals surface area (Å²) < 4.78 is 5.49. The molecule has 0 aliphatic carbocycles. The van der Waals surface area contributed by atoms with E-state index in [1.54, 1.807) is 38.1 Å². The van der Waals surface area contributed by atoms with Gasteiger partial charge in [-0.15, -0.1) is 0 Å². The van der Waals surface area contributed by atoms with Crippen LogP contribution < -0.4 is 21.5 Å². The Hall–Kier alpha value is -2.28. The van der Waals surface area contributed by atoms with Crippen LogP contribution in [0.3, 0.4) is 0 Å². The molecule has 6 N–H and O–H groups in total. The normalized spacial score (nSPS) is 12.2. The molecule has 7 heteroatoms. The van der Waals surface area contributed by atoms with Crippen LogP contribution in [0.25, 0.3) is 0 Å². The van der Waals surface area contributed by atoms with Gasteiger partial charge in [-0.25, -0.2) is 0 Å². The minimum atomic E-state index is -0.765. The zero-order valence-corrected chi connectivity index (χ0v) is 11.6. The molecular formula is C13H20N4O3. The Morgan fingerprint density at radius 3 is 2.45 bits per heavy atom. The van der Waals surface area contributed by atoms with E-state index in [0.29, 0.717) is 24.5 Å². The van der Waals surface area contributed by atoms with E-state index in [1.165, 1.54) is 0 Å². The first kappa shape index (κ1) is 15.8. The highest BCUT2D eigenvalue weighted by molar-refractivity contribution is 5.97. The van der Waals surface area contributed by atoms with Crippen LogP contribution in [0.15, 0.2) is 29.4 Å². The van der Waals surface area contributed by atoms with Gasteiger partial charge in [-0.2, -0.15) is 0 Å². The van der Waals surface area contributed by atoms with E-state index < -0.39 is 11.4 Å². The van der Waals surface area contributed by atoms with E-state index in [-0.39, 0.29) is 5.84 Å². The zero-order valence-electron chi connectivity index (χ0n) is 11.6. The highest BCUT2D eigenvalue weighted by Gasteiger charge is 2.23. The third-order valence-corrected chi connectivity index (χ3v) is 2.81. The molecule has 0 aliphatic rings. The molecule has 0 aliphatic heterocycles. The lowest BCUT2D eigenvalue weighted by molar-refractivity contribution is -0.123. The van der Waals surface area contributed by atoms with Crippen molar-refractivity contribution in [2.75, 3.05) is 13.2 Å². The topological polar surface area (TPSA) is 123 Å². The number of benzene rings is 1. The van der Waals surface area contributed by atoms with Crippen molar-refractivity contribution in [1.29, 1.82) is 0 Å². The van der Waals surface area contributed by atoms with Gasteiger partial charge in [-0.1, -0.05) is 5.16 Å². The van der Waals surface area contributed by atoms with Gasteiger partial charge in [0.05, 0.1) is 5.54 Å². The summed E-state index contributed by atoms with van der Waals surface area (Å²) in [5.74, 6) is 0.278. The average Bonchev–Trinajstić information content (AvgIpc) is 2.43. The second-order valence-electron chi connectivity index (χ2n) is 4.77. The van der Waals surface area contributed by atoms with E-state index >= 15 is 0 Å². The Morgan fingerprint density at radius 2 is 1.95 bits per heavy atom. The molecule has 110 valence electrons. The SMILES string of the molecule is CC(C)(NCCOc1ccc(C(N)=NO)cc1)C(N)=O. The predicted octanol–water partition coefficient (Wildman–Crippen LogP) is 0.0134. The van der Waals surface area contributed by atoms with E-state index in [9.17, 15) is 4.79 Å². The number of amidine groups is 1. The molecule has 0 saturated heterocycles. The fourth-order valence-electron chi connectivity index (χ4n) is 1.40. The molecule has 7 nitrogen and oxygen atoms in total. The lowest BCUT2D eigenvalue weighted by Gasteiger charge is -2.22. The number of rotatable bonds is 7. The fraction of sp³-hybridized carbons (Fsp3) is 0.385. The lowest BCUT2D eigenvalue weighted by atomic mass is 10.1. The van der Waals surface area contributed by atoms with Gasteiger partial charge in [0.15, 0.2) is 5.84 Å². The molecule has 20 heavy (non-hydrogen) atoms. The molecule has 0 saturated carbocycles. The van der Waals surface area contributed by atoms with Gasteiger partial charge < -0.3 is 26.7 Å². The van der Waals surface area contributed by atoms with Crippen LogP contribution in [0.4, 0.5) is 0 Å². The number of carbonyl (C=O) groups excluding carboxylic acids is 1. The Balaban J connectivity index is 2.42. The molecule has 0 atom stereocenters. The van der Waals surface area contributed by atoms with Crippen molar-refractivity contribution in [3.05, 3.63) is 29.8 Å². The molecule has 0 radical (unpaired) electrons. The first-order chi connectivity index (χ1) is 9.36. The first-order valence-corrected chi connectivity index (χ1v) is 6.12. The first-order valence-electron chi connectivity index (χ1n) is 6.12. The monoisotopic (exact) mass is 280 g/mol. The van der Waals surface area contributed by atoms with Gasteiger partial charge in [0.2, 0.25) is 5.91 Å². The maximum Gasteiger partial charge on any atom is 0.237 e. The zero-order chi connectivity index (χ0) is 15.2. The van der Waals surface area contributed by atoms with Gasteiger partial charge in [-0.05, 0) is 38.1 Å². The van der Waals surface area contributed by atoms with Gasteiger partial charge in [0, 0.05) is 12.1 Å². The molecule has 0 fully saturated rings. The summed E-state index contributed by atoms with van der Waals surface area (Å²) in [5.41, 5.74) is 10.5. The number of nitrogens with zero attached hydrogens (tertiary/aromatic N) is 1. The van der Waals surface area contributed by atoms with Crippen LogP contribution >= 0.6 is 0 Å². The minimum Gasteiger partial charge on any atom is -0.492 e. The second kappa shape index (κ2) is 6.76. The van der Waals surface area contributed by atoms with Crippen LogP contribution in [-0.4, -0.2) is 35.6 Å². The standard InChI is InChI=1S/C13H20N4O3/c1-13(2,12(15)18)16-7-8-20-10-5-3-9(4-6-10)11(14)17-19/h3-6,16,19H,7-8H2,1-2H3,(H2,14,17)(H2,15,18). The Kier molecular flexibility index (Phi) is 5.33. The van der Waals surface area contributed by atoms with Crippen molar-refractivity contribution in [2.45, 2.75) is 19.4 Å². The number of amides is 1. The third kappa shape index (κ3) is 4.43. The number of ether oxygens (including phenoxy) is 1. The van der Waals surface area contributed by atoms with Crippen LogP contribution in [0.2, 0.25) is 0 Å². The van der Waals surface area contributed by atoms with Crippen molar-refractivity contribution < 1.29 is 14.7 Å². The predicted molar refractivity (Wildman–Crippen MR) is 75.7 cm³/mol. The number of nitrogens with two attached hydrogens (primary N) is 2. The van der Waals surface area contributed by atoms with Crippen molar-refractivity contribution in [1.82, 2.24) is 5.32 Å². The minimum absolute atomic E-state index is 0.0430. The Labute approximate surface area is 117 Å².